The van der Waals surface area contributed by atoms with E-state index in [0.717, 1.165) is 12.8 Å². The highest BCUT2D eigenvalue weighted by molar-refractivity contribution is 5.06. The van der Waals surface area contributed by atoms with E-state index in [2.05, 4.69) is 0 Å². The molecule has 11 unspecified atom stereocenters. The Hall–Kier alpha value is -0.640. The Morgan fingerprint density at radius 3 is 1.88 bits per heavy atom. The van der Waals surface area contributed by atoms with Gasteiger partial charge in [-0.2, -0.15) is 0 Å². The first-order chi connectivity index (χ1) is 24.3. The smallest absolute Gasteiger partial charge is 0.187 e. The Bertz CT molecular complexity index is 1140. The third-order valence-electron chi connectivity index (χ3n) is 13.0. The van der Waals surface area contributed by atoms with Gasteiger partial charge in [0.05, 0.1) is 67.6 Å². The van der Waals surface area contributed by atoms with Crippen molar-refractivity contribution in [3.05, 3.63) is 0 Å². The fraction of sp³-hybridized carbons (Fsp3) is 1.00. The van der Waals surface area contributed by atoms with E-state index in [0.29, 0.717) is 44.9 Å². The molecule has 0 aromatic rings. The predicted molar refractivity (Wildman–Crippen MR) is 171 cm³/mol. The van der Waals surface area contributed by atoms with Gasteiger partial charge in [0.1, 0.15) is 42.7 Å². The molecular formula is C35H58O16. The summed E-state index contributed by atoms with van der Waals surface area (Å²) in [4.78, 5) is 0. The molecule has 7 rings (SSSR count). The van der Waals surface area contributed by atoms with Gasteiger partial charge in [-0.1, -0.05) is 0 Å². The van der Waals surface area contributed by atoms with Crippen LogP contribution in [0.15, 0.2) is 0 Å². The molecule has 7 aliphatic rings. The molecule has 16 nitrogen and oxygen atoms in total. The van der Waals surface area contributed by atoms with Gasteiger partial charge < -0.3 is 79.5 Å². The number of aliphatic hydroxyl groups is 10. The molecule has 0 amide bonds. The van der Waals surface area contributed by atoms with Gasteiger partial charge in [-0.25, -0.2) is 0 Å². The number of hydrogen-bond acceptors (Lipinski definition) is 16. The first-order valence-corrected chi connectivity index (χ1v) is 19.0. The van der Waals surface area contributed by atoms with Crippen molar-refractivity contribution in [1.29, 1.82) is 0 Å². The second-order valence-electron chi connectivity index (χ2n) is 16.4. The zero-order valence-electron chi connectivity index (χ0n) is 29.0. The van der Waals surface area contributed by atoms with Gasteiger partial charge in [-0.15, -0.1) is 0 Å². The van der Waals surface area contributed by atoms with Gasteiger partial charge in [0, 0.05) is 5.92 Å². The molecule has 0 spiro atoms. The SMILES string of the molecule is C[C@H]1O[C@H](OC[C@H]2O[C@@H](OC3C4CC(C5CCC(O)CC5)OC5CC(O)CC(OC3C3CCC(O)C(O)C3)C54)[C@H](O)[C@@H](O)[C@@H]2O)[C@@H](O)[C@@H](O)[C@@H]1O. The minimum absolute atomic E-state index is 0.164. The monoisotopic (exact) mass is 734 g/mol. The molecule has 7 fully saturated rings. The molecule has 3 aliphatic carbocycles. The van der Waals surface area contributed by atoms with Crippen LogP contribution in [0.1, 0.15) is 71.1 Å². The number of aliphatic hydroxyl groups excluding tert-OH is 10. The summed E-state index contributed by atoms with van der Waals surface area (Å²) >= 11 is 0. The molecule has 10 N–H and O–H groups in total. The molecule has 0 aromatic heterocycles. The van der Waals surface area contributed by atoms with E-state index in [1.54, 1.807) is 0 Å². The molecule has 21 atom stereocenters. The van der Waals surface area contributed by atoms with E-state index in [-0.39, 0.29) is 54.5 Å². The molecule has 16 heteroatoms. The van der Waals surface area contributed by atoms with E-state index in [1.807, 2.05) is 0 Å². The predicted octanol–water partition coefficient (Wildman–Crippen LogP) is -2.59. The van der Waals surface area contributed by atoms with Crippen LogP contribution in [0.3, 0.4) is 0 Å². The van der Waals surface area contributed by atoms with Gasteiger partial charge in [-0.3, -0.25) is 0 Å². The third-order valence-corrected chi connectivity index (χ3v) is 13.0. The van der Waals surface area contributed by atoms with Crippen LogP contribution in [-0.4, -0.2) is 174 Å². The molecule has 0 radical (unpaired) electrons. The standard InChI is InChI=1S/C35H58O16/c1-13-26(40)28(42)30(44)34(47-13)46-12-24-27(41)29(43)31(45)35(50-24)51-33-18-11-21(14-2-5-16(36)6-3-14)48-22-9-17(37)10-23(25(18)22)49-32(33)15-4-7-19(38)20(39)8-15/h13-45H,2-12H2,1H3/t13-,14?,15?,16?,17?,18?,19?,20?,21?,22?,23?,24-,25?,26-,27-,28+,29+,30+,31-,32?,33?,34+,35+/m1/s1. The molecule has 0 bridgehead atoms. The van der Waals surface area contributed by atoms with E-state index in [9.17, 15) is 51.1 Å². The maximum atomic E-state index is 11.2. The Kier molecular flexibility index (Phi) is 12.0. The van der Waals surface area contributed by atoms with Crippen LogP contribution in [0.4, 0.5) is 0 Å². The fourth-order valence-corrected chi connectivity index (χ4v) is 10.1. The highest BCUT2D eigenvalue weighted by Crippen LogP contribution is 2.52. The average Bonchev–Trinajstić information content (AvgIpc) is 3.11. The van der Waals surface area contributed by atoms with Crippen LogP contribution in [-0.2, 0) is 28.4 Å². The summed E-state index contributed by atoms with van der Waals surface area (Å²) in [6.07, 6.45) is -14.1. The van der Waals surface area contributed by atoms with Crippen LogP contribution >= 0.6 is 0 Å². The molecular weight excluding hydrogens is 676 g/mol. The maximum Gasteiger partial charge on any atom is 0.187 e. The second kappa shape index (κ2) is 15.8. The molecule has 294 valence electrons. The highest BCUT2D eigenvalue weighted by atomic mass is 16.7. The highest BCUT2D eigenvalue weighted by Gasteiger charge is 2.59. The minimum Gasteiger partial charge on any atom is -0.393 e. The molecule has 51 heavy (non-hydrogen) atoms. The number of rotatable bonds is 7. The van der Waals surface area contributed by atoms with Crippen LogP contribution < -0.4 is 0 Å². The largest absolute Gasteiger partial charge is 0.393 e. The summed E-state index contributed by atoms with van der Waals surface area (Å²) in [5, 5.41) is 106. The third kappa shape index (κ3) is 7.77. The van der Waals surface area contributed by atoms with Crippen molar-refractivity contribution in [3.8, 4) is 0 Å². The first kappa shape index (κ1) is 38.6. The lowest BCUT2D eigenvalue weighted by Gasteiger charge is -2.59. The minimum atomic E-state index is -1.71. The molecule has 4 heterocycles. The van der Waals surface area contributed by atoms with Crippen molar-refractivity contribution in [3.63, 3.8) is 0 Å². The van der Waals surface area contributed by atoms with Gasteiger partial charge in [0.25, 0.3) is 0 Å². The van der Waals surface area contributed by atoms with Crippen LogP contribution in [0.25, 0.3) is 0 Å². The lowest BCUT2D eigenvalue weighted by Crippen LogP contribution is -2.67. The summed E-state index contributed by atoms with van der Waals surface area (Å²) in [5.74, 6) is -0.420. The summed E-state index contributed by atoms with van der Waals surface area (Å²) in [7, 11) is 0. The molecule has 3 saturated carbocycles. The number of ether oxygens (including phenoxy) is 6. The van der Waals surface area contributed by atoms with Crippen molar-refractivity contribution in [1.82, 2.24) is 0 Å². The molecule has 4 saturated heterocycles. The van der Waals surface area contributed by atoms with Gasteiger partial charge in [0.2, 0.25) is 0 Å². The van der Waals surface area contributed by atoms with E-state index in [1.165, 1.54) is 6.92 Å². The maximum absolute atomic E-state index is 11.2. The lowest BCUT2D eigenvalue weighted by molar-refractivity contribution is -0.359. The van der Waals surface area contributed by atoms with Crippen LogP contribution in [0, 0.1) is 23.7 Å². The van der Waals surface area contributed by atoms with Crippen molar-refractivity contribution in [2.24, 2.45) is 23.7 Å². The summed E-state index contributed by atoms with van der Waals surface area (Å²) in [6, 6.07) is 0. The van der Waals surface area contributed by atoms with Gasteiger partial charge >= 0.3 is 0 Å². The van der Waals surface area contributed by atoms with E-state index < -0.39 is 98.5 Å². The first-order valence-electron chi connectivity index (χ1n) is 19.0. The van der Waals surface area contributed by atoms with E-state index in [4.69, 9.17) is 28.4 Å². The molecule has 4 aliphatic heterocycles. The van der Waals surface area contributed by atoms with Crippen molar-refractivity contribution in [2.45, 2.75) is 187 Å². The quantitative estimate of drug-likeness (QED) is 0.129. The fourth-order valence-electron chi connectivity index (χ4n) is 10.1. The zero-order chi connectivity index (χ0) is 36.3. The lowest BCUT2D eigenvalue weighted by atomic mass is 9.63. The van der Waals surface area contributed by atoms with Crippen molar-refractivity contribution < 1.29 is 79.5 Å². The van der Waals surface area contributed by atoms with Crippen molar-refractivity contribution >= 4 is 0 Å². The average molecular weight is 735 g/mol. The van der Waals surface area contributed by atoms with Crippen LogP contribution in [0.5, 0.6) is 0 Å². The Morgan fingerprint density at radius 1 is 0.529 bits per heavy atom. The van der Waals surface area contributed by atoms with Gasteiger partial charge in [0.15, 0.2) is 12.6 Å². The summed E-state index contributed by atoms with van der Waals surface area (Å²) < 4.78 is 37.5. The second-order valence-corrected chi connectivity index (χ2v) is 16.4. The Morgan fingerprint density at radius 2 is 1.18 bits per heavy atom. The van der Waals surface area contributed by atoms with Crippen LogP contribution in [0.2, 0.25) is 0 Å². The van der Waals surface area contributed by atoms with E-state index >= 15 is 0 Å². The Labute approximate surface area is 297 Å². The zero-order valence-corrected chi connectivity index (χ0v) is 29.0. The summed E-state index contributed by atoms with van der Waals surface area (Å²) in [6.45, 7) is 1.07. The number of hydrogen-bond donors (Lipinski definition) is 10. The Balaban J connectivity index is 1.14. The summed E-state index contributed by atoms with van der Waals surface area (Å²) in [5.41, 5.74) is 0. The topological polar surface area (TPSA) is 258 Å². The molecule has 0 aromatic carbocycles. The normalized spacial score (nSPS) is 56.6. The van der Waals surface area contributed by atoms with Gasteiger partial charge in [-0.05, 0) is 88.9 Å². The van der Waals surface area contributed by atoms with Crippen molar-refractivity contribution in [2.75, 3.05) is 6.61 Å².